The van der Waals surface area contributed by atoms with E-state index in [0.717, 1.165) is 61.3 Å². The van der Waals surface area contributed by atoms with Crippen molar-refractivity contribution >= 4 is 49.8 Å². The molecule has 2 heteroatoms. The van der Waals surface area contributed by atoms with Crippen LogP contribution in [-0.4, -0.2) is 0 Å². The standard InChI is InChI=1S/C46H31NO/c1-4-13-33(14-5-1)41-21-12-22-42-44-30-35(25-28-45(44)48-46(41)42)32-23-26-38(27-24-32)47(37-18-8-3-9-19-37)39-29-36-17-10-11-20-40(36)43(31-39)34-15-6-2-7-16-34/h1-31H. The van der Waals surface area contributed by atoms with E-state index >= 15 is 0 Å². The van der Waals surface area contributed by atoms with Gasteiger partial charge in [0.2, 0.25) is 0 Å². The number of fused-ring (bicyclic) bond motifs is 4. The molecule has 9 aromatic rings. The van der Waals surface area contributed by atoms with Crippen molar-refractivity contribution in [1.82, 2.24) is 0 Å². The summed E-state index contributed by atoms with van der Waals surface area (Å²) >= 11 is 0. The summed E-state index contributed by atoms with van der Waals surface area (Å²) in [6, 6.07) is 66.8. The van der Waals surface area contributed by atoms with Gasteiger partial charge in [-0.1, -0.05) is 140 Å². The molecule has 0 saturated heterocycles. The fraction of sp³-hybridized carbons (Fsp3) is 0. The second-order valence-corrected chi connectivity index (χ2v) is 12.2. The molecule has 48 heavy (non-hydrogen) atoms. The van der Waals surface area contributed by atoms with Gasteiger partial charge in [-0.3, -0.25) is 0 Å². The first kappa shape index (κ1) is 27.9. The van der Waals surface area contributed by atoms with Crippen molar-refractivity contribution < 1.29 is 4.42 Å². The summed E-state index contributed by atoms with van der Waals surface area (Å²) in [7, 11) is 0. The van der Waals surface area contributed by atoms with Crippen LogP contribution in [0.1, 0.15) is 0 Å². The Morgan fingerprint density at radius 1 is 0.333 bits per heavy atom. The van der Waals surface area contributed by atoms with Crippen molar-refractivity contribution in [2.24, 2.45) is 0 Å². The molecule has 0 aliphatic rings. The number of hydrogen-bond donors (Lipinski definition) is 0. The van der Waals surface area contributed by atoms with E-state index in [0.29, 0.717) is 0 Å². The molecule has 8 aromatic carbocycles. The monoisotopic (exact) mass is 613 g/mol. The van der Waals surface area contributed by atoms with Gasteiger partial charge < -0.3 is 9.32 Å². The first-order valence-corrected chi connectivity index (χ1v) is 16.3. The molecule has 226 valence electrons. The van der Waals surface area contributed by atoms with Gasteiger partial charge in [0.05, 0.1) is 0 Å². The van der Waals surface area contributed by atoms with Crippen LogP contribution in [0, 0.1) is 0 Å². The van der Waals surface area contributed by atoms with Crippen LogP contribution in [0.3, 0.4) is 0 Å². The summed E-state index contributed by atoms with van der Waals surface area (Å²) in [6.07, 6.45) is 0. The maximum atomic E-state index is 6.44. The van der Waals surface area contributed by atoms with E-state index in [4.69, 9.17) is 4.42 Å². The molecule has 0 radical (unpaired) electrons. The zero-order chi connectivity index (χ0) is 31.9. The van der Waals surface area contributed by atoms with Gasteiger partial charge in [0.25, 0.3) is 0 Å². The van der Waals surface area contributed by atoms with Crippen molar-refractivity contribution in [3.63, 3.8) is 0 Å². The fourth-order valence-electron chi connectivity index (χ4n) is 6.93. The summed E-state index contributed by atoms with van der Waals surface area (Å²) in [5, 5.41) is 4.71. The van der Waals surface area contributed by atoms with Crippen molar-refractivity contribution in [2.75, 3.05) is 4.90 Å². The zero-order valence-electron chi connectivity index (χ0n) is 26.3. The lowest BCUT2D eigenvalue weighted by molar-refractivity contribution is 0.670. The molecule has 1 heterocycles. The Hall–Kier alpha value is -6.38. The van der Waals surface area contributed by atoms with E-state index < -0.39 is 0 Å². The summed E-state index contributed by atoms with van der Waals surface area (Å²) in [4.78, 5) is 2.35. The van der Waals surface area contributed by atoms with Gasteiger partial charge in [-0.25, -0.2) is 0 Å². The molecule has 1 aromatic heterocycles. The smallest absolute Gasteiger partial charge is 0.143 e. The van der Waals surface area contributed by atoms with Gasteiger partial charge in [-0.2, -0.15) is 0 Å². The van der Waals surface area contributed by atoms with E-state index in [1.54, 1.807) is 0 Å². The number of benzene rings is 8. The molecule has 9 rings (SSSR count). The Labute approximate surface area is 279 Å². The van der Waals surface area contributed by atoms with E-state index in [1.807, 2.05) is 6.07 Å². The fourth-order valence-corrected chi connectivity index (χ4v) is 6.93. The van der Waals surface area contributed by atoms with Crippen LogP contribution in [0.25, 0.3) is 66.1 Å². The van der Waals surface area contributed by atoms with Crippen LogP contribution >= 0.6 is 0 Å². The highest BCUT2D eigenvalue weighted by Gasteiger charge is 2.17. The summed E-state index contributed by atoms with van der Waals surface area (Å²) in [6.45, 7) is 0. The van der Waals surface area contributed by atoms with Crippen LogP contribution in [0.5, 0.6) is 0 Å². The maximum Gasteiger partial charge on any atom is 0.143 e. The second-order valence-electron chi connectivity index (χ2n) is 12.2. The van der Waals surface area contributed by atoms with Crippen LogP contribution in [0.4, 0.5) is 17.1 Å². The normalized spacial score (nSPS) is 11.3. The van der Waals surface area contributed by atoms with Crippen LogP contribution in [0.15, 0.2) is 192 Å². The predicted molar refractivity (Wildman–Crippen MR) is 202 cm³/mol. The number of anilines is 3. The highest BCUT2D eigenvalue weighted by molar-refractivity contribution is 6.10. The SMILES string of the molecule is c1ccc(-c2cc(N(c3ccccc3)c3ccc(-c4ccc5oc6c(-c7ccccc7)cccc6c5c4)cc3)cc3ccccc23)cc1. The number of nitrogens with zero attached hydrogens (tertiary/aromatic N) is 1. The molecule has 0 aliphatic heterocycles. The first-order chi connectivity index (χ1) is 23.8. The maximum absolute atomic E-state index is 6.44. The Morgan fingerprint density at radius 3 is 1.69 bits per heavy atom. The topological polar surface area (TPSA) is 16.4 Å². The third-order valence-electron chi connectivity index (χ3n) is 9.24. The lowest BCUT2D eigenvalue weighted by atomic mass is 9.96. The largest absolute Gasteiger partial charge is 0.455 e. The third-order valence-corrected chi connectivity index (χ3v) is 9.24. The summed E-state index contributed by atoms with van der Waals surface area (Å²) in [5.41, 5.74) is 12.2. The van der Waals surface area contributed by atoms with Gasteiger partial charge in [-0.05, 0) is 87.1 Å². The molecule has 0 bridgehead atoms. The molecule has 0 N–H and O–H groups in total. The van der Waals surface area contributed by atoms with Crippen molar-refractivity contribution in [3.05, 3.63) is 188 Å². The van der Waals surface area contributed by atoms with Crippen LogP contribution in [-0.2, 0) is 0 Å². The van der Waals surface area contributed by atoms with Crippen molar-refractivity contribution in [2.45, 2.75) is 0 Å². The average Bonchev–Trinajstić information content (AvgIpc) is 3.54. The number of rotatable bonds is 6. The number of para-hydroxylation sites is 2. The minimum Gasteiger partial charge on any atom is -0.455 e. The van der Waals surface area contributed by atoms with Gasteiger partial charge in [0.1, 0.15) is 11.2 Å². The molecule has 0 aliphatic carbocycles. The average molecular weight is 614 g/mol. The first-order valence-electron chi connectivity index (χ1n) is 16.3. The molecule has 0 amide bonds. The zero-order valence-corrected chi connectivity index (χ0v) is 26.3. The molecule has 2 nitrogen and oxygen atoms in total. The highest BCUT2D eigenvalue weighted by Crippen LogP contribution is 2.42. The van der Waals surface area contributed by atoms with Crippen molar-refractivity contribution in [3.8, 4) is 33.4 Å². The second kappa shape index (κ2) is 11.8. The minimum atomic E-state index is 0.898. The molecule has 0 unspecified atom stereocenters. The summed E-state index contributed by atoms with van der Waals surface area (Å²) in [5.74, 6) is 0. The predicted octanol–water partition coefficient (Wildman–Crippen LogP) is 13.2. The van der Waals surface area contributed by atoms with Crippen LogP contribution < -0.4 is 4.90 Å². The molecule has 0 saturated carbocycles. The number of hydrogen-bond acceptors (Lipinski definition) is 2. The van der Waals surface area contributed by atoms with Gasteiger partial charge >= 0.3 is 0 Å². The molecule has 0 atom stereocenters. The van der Waals surface area contributed by atoms with Crippen LogP contribution in [0.2, 0.25) is 0 Å². The van der Waals surface area contributed by atoms with E-state index in [1.165, 1.54) is 21.9 Å². The third kappa shape index (κ3) is 4.92. The van der Waals surface area contributed by atoms with Gasteiger partial charge in [-0.15, -0.1) is 0 Å². The quantitative estimate of drug-likeness (QED) is 0.185. The minimum absolute atomic E-state index is 0.898. The molecular formula is C46H31NO. The Morgan fingerprint density at radius 2 is 0.938 bits per heavy atom. The lowest BCUT2D eigenvalue weighted by Gasteiger charge is -2.27. The molecule has 0 spiro atoms. The summed E-state index contributed by atoms with van der Waals surface area (Å²) < 4.78 is 6.44. The Kier molecular flexibility index (Phi) is 6.84. The lowest BCUT2D eigenvalue weighted by Crippen LogP contribution is -2.10. The van der Waals surface area contributed by atoms with Crippen molar-refractivity contribution in [1.29, 1.82) is 0 Å². The Balaban J connectivity index is 1.14. The number of furan rings is 1. The molecular weight excluding hydrogens is 583 g/mol. The van der Waals surface area contributed by atoms with E-state index in [2.05, 4.69) is 187 Å². The molecule has 0 fully saturated rings. The van der Waals surface area contributed by atoms with Gasteiger partial charge in [0.15, 0.2) is 0 Å². The Bertz CT molecular complexity index is 2530. The van der Waals surface area contributed by atoms with E-state index in [9.17, 15) is 0 Å². The van der Waals surface area contributed by atoms with Gasteiger partial charge in [0, 0.05) is 33.4 Å². The highest BCUT2D eigenvalue weighted by atomic mass is 16.3. The van der Waals surface area contributed by atoms with E-state index in [-0.39, 0.29) is 0 Å².